The average Bonchev–Trinajstić information content (AvgIpc) is 3.70. The molecular weight excluding hydrogens is 609 g/mol. The maximum absolute atomic E-state index is 11.8. The van der Waals surface area contributed by atoms with Crippen molar-refractivity contribution in [3.8, 4) is 33.4 Å². The Morgan fingerprint density at radius 1 is 0.565 bits per heavy atom. The monoisotopic (exact) mass is 650 g/mol. The van der Waals surface area contributed by atoms with E-state index >= 15 is 0 Å². The van der Waals surface area contributed by atoms with Crippen molar-refractivity contribution < 1.29 is 19.1 Å². The molecule has 0 atom stereocenters. The first-order valence-electron chi connectivity index (χ1n) is 16.1. The molecule has 0 bridgehead atoms. The largest absolute Gasteiger partial charge is 0.465 e. The van der Waals surface area contributed by atoms with E-state index in [0.717, 1.165) is 46.6 Å². The van der Waals surface area contributed by atoms with Crippen molar-refractivity contribution in [3.63, 3.8) is 0 Å². The minimum Gasteiger partial charge on any atom is -0.465 e. The van der Waals surface area contributed by atoms with Gasteiger partial charge in [-0.05, 0) is 97.5 Å². The predicted molar refractivity (Wildman–Crippen MR) is 191 cm³/mol. The molecule has 0 aliphatic heterocycles. The highest BCUT2D eigenvalue weighted by Crippen LogP contribution is 2.38. The number of ether oxygens (including phenoxy) is 2. The van der Waals surface area contributed by atoms with Gasteiger partial charge in [-0.1, -0.05) is 76.1 Å². The minimum absolute atomic E-state index is 0.349. The zero-order valence-corrected chi connectivity index (χ0v) is 28.9. The summed E-state index contributed by atoms with van der Waals surface area (Å²) in [5.74, 6) is 12.9. The molecule has 2 heterocycles. The topological polar surface area (TPSA) is 52.6 Å². The number of thiophene rings is 2. The molecule has 46 heavy (non-hydrogen) atoms. The van der Waals surface area contributed by atoms with Crippen molar-refractivity contribution in [1.29, 1.82) is 0 Å². The fourth-order valence-corrected chi connectivity index (χ4v) is 7.24. The molecular formula is C40H42O4S2. The molecule has 0 saturated heterocycles. The molecule has 0 spiro atoms. The quantitative estimate of drug-likeness (QED) is 0.0821. The van der Waals surface area contributed by atoms with Crippen LogP contribution in [0.15, 0.2) is 60.7 Å². The maximum Gasteiger partial charge on any atom is 0.337 e. The van der Waals surface area contributed by atoms with Crippen LogP contribution >= 0.6 is 22.7 Å². The van der Waals surface area contributed by atoms with Crippen LogP contribution in [0.5, 0.6) is 0 Å². The van der Waals surface area contributed by atoms with Crippen molar-refractivity contribution >= 4 is 34.6 Å². The first-order valence-corrected chi connectivity index (χ1v) is 17.8. The van der Waals surface area contributed by atoms with Gasteiger partial charge in [-0.3, -0.25) is 0 Å². The second kappa shape index (κ2) is 18.1. The Labute approximate surface area is 282 Å². The maximum atomic E-state index is 11.8. The van der Waals surface area contributed by atoms with Crippen LogP contribution in [0.1, 0.15) is 118 Å². The molecule has 2 aromatic heterocycles. The van der Waals surface area contributed by atoms with E-state index in [-0.39, 0.29) is 11.9 Å². The predicted octanol–water partition coefficient (Wildman–Crippen LogP) is 10.1. The number of carbonyl (C=O) groups excluding carboxylic acids is 2. The molecule has 0 N–H and O–H groups in total. The van der Waals surface area contributed by atoms with E-state index in [0.29, 0.717) is 11.1 Å². The Bertz CT molecular complexity index is 1590. The summed E-state index contributed by atoms with van der Waals surface area (Å²) in [5, 5.41) is 0. The number of unbranched alkanes of at least 4 members (excludes halogenated alkanes) is 6. The Balaban J connectivity index is 1.65. The summed E-state index contributed by atoms with van der Waals surface area (Å²) in [6.07, 6.45) is 11.6. The Hall–Kier alpha value is -4.10. The van der Waals surface area contributed by atoms with E-state index in [2.05, 4.69) is 49.7 Å². The van der Waals surface area contributed by atoms with Gasteiger partial charge in [-0.25, -0.2) is 9.59 Å². The fraction of sp³-hybridized carbons (Fsp3) is 0.350. The molecule has 0 aliphatic rings. The van der Waals surface area contributed by atoms with Crippen LogP contribution in [0.4, 0.5) is 0 Å². The number of hydrogen-bond acceptors (Lipinski definition) is 6. The number of carbonyl (C=O) groups is 2. The van der Waals surface area contributed by atoms with E-state index < -0.39 is 0 Å². The molecule has 238 valence electrons. The SMILES string of the molecule is CCCCCCc1cc(-c2cc(CCCCCC)c(C#Cc3ccc(C(=O)OC)cc3)s2)sc1C#Cc1ccc(C(=O)OC)cc1. The molecule has 4 aromatic rings. The molecule has 6 heteroatoms. The number of rotatable bonds is 13. The lowest BCUT2D eigenvalue weighted by Crippen LogP contribution is -2.00. The highest BCUT2D eigenvalue weighted by atomic mass is 32.1. The van der Waals surface area contributed by atoms with E-state index in [1.807, 2.05) is 24.3 Å². The van der Waals surface area contributed by atoms with Gasteiger partial charge in [0, 0.05) is 20.9 Å². The van der Waals surface area contributed by atoms with Crippen LogP contribution in [0.25, 0.3) is 9.75 Å². The fourth-order valence-electron chi connectivity index (χ4n) is 5.04. The van der Waals surface area contributed by atoms with Crippen molar-refractivity contribution in [2.24, 2.45) is 0 Å². The van der Waals surface area contributed by atoms with E-state index in [9.17, 15) is 9.59 Å². The molecule has 0 unspecified atom stereocenters. The van der Waals surface area contributed by atoms with E-state index in [1.165, 1.54) is 73.6 Å². The minimum atomic E-state index is -0.349. The summed E-state index contributed by atoms with van der Waals surface area (Å²) in [6.45, 7) is 4.47. The van der Waals surface area contributed by atoms with Crippen molar-refractivity contribution in [2.75, 3.05) is 14.2 Å². The molecule has 2 aromatic carbocycles. The first kappa shape index (κ1) is 34.8. The summed E-state index contributed by atoms with van der Waals surface area (Å²) in [4.78, 5) is 28.3. The van der Waals surface area contributed by atoms with Crippen LogP contribution in [-0.2, 0) is 22.3 Å². The normalized spacial score (nSPS) is 10.4. The zero-order chi connectivity index (χ0) is 32.7. The van der Waals surface area contributed by atoms with Gasteiger partial charge in [-0.2, -0.15) is 0 Å². The lowest BCUT2D eigenvalue weighted by molar-refractivity contribution is 0.0592. The smallest absolute Gasteiger partial charge is 0.337 e. The Kier molecular flexibility index (Phi) is 13.7. The van der Waals surface area contributed by atoms with E-state index in [4.69, 9.17) is 9.47 Å². The van der Waals surface area contributed by atoms with Gasteiger partial charge in [0.15, 0.2) is 0 Å². The molecule has 0 saturated carbocycles. The van der Waals surface area contributed by atoms with Gasteiger partial charge >= 0.3 is 11.9 Å². The number of hydrogen-bond donors (Lipinski definition) is 0. The highest BCUT2D eigenvalue weighted by Gasteiger charge is 2.15. The number of esters is 2. The zero-order valence-electron chi connectivity index (χ0n) is 27.3. The van der Waals surface area contributed by atoms with Crippen molar-refractivity contribution in [1.82, 2.24) is 0 Å². The van der Waals surface area contributed by atoms with Crippen LogP contribution in [-0.4, -0.2) is 26.2 Å². The second-order valence-corrected chi connectivity index (χ2v) is 13.3. The standard InChI is InChI=1S/C40H42O4S2/c1-5-7-9-11-13-33-27-37(45-35(33)25-19-29-15-21-31(22-16-29)39(41)43-3)38-28-34(14-12-10-8-6-2)36(46-38)26-20-30-17-23-32(24-18-30)40(42)44-4/h15-18,21-24,27-28H,5-14H2,1-4H3. The third kappa shape index (κ3) is 9.95. The Morgan fingerprint density at radius 2 is 0.957 bits per heavy atom. The third-order valence-corrected chi connectivity index (χ3v) is 10.1. The Morgan fingerprint density at radius 3 is 1.30 bits per heavy atom. The van der Waals surface area contributed by atoms with Crippen LogP contribution < -0.4 is 0 Å². The van der Waals surface area contributed by atoms with Gasteiger partial charge in [0.25, 0.3) is 0 Å². The molecule has 0 radical (unpaired) electrons. The van der Waals surface area contributed by atoms with Gasteiger partial charge in [0.1, 0.15) is 0 Å². The lowest BCUT2D eigenvalue weighted by atomic mass is 10.0. The van der Waals surface area contributed by atoms with Crippen LogP contribution in [0.3, 0.4) is 0 Å². The summed E-state index contributed by atoms with van der Waals surface area (Å²) in [6, 6.07) is 19.2. The molecule has 4 nitrogen and oxygen atoms in total. The number of benzene rings is 2. The lowest BCUT2D eigenvalue weighted by Gasteiger charge is -1.99. The molecule has 0 amide bonds. The van der Waals surface area contributed by atoms with Gasteiger partial charge in [-0.15, -0.1) is 22.7 Å². The summed E-state index contributed by atoms with van der Waals surface area (Å²) in [5.41, 5.74) is 5.35. The summed E-state index contributed by atoms with van der Waals surface area (Å²) >= 11 is 3.51. The van der Waals surface area contributed by atoms with Crippen LogP contribution in [0, 0.1) is 23.7 Å². The van der Waals surface area contributed by atoms with Gasteiger partial charge < -0.3 is 9.47 Å². The van der Waals surface area contributed by atoms with Gasteiger partial charge in [0.05, 0.1) is 35.1 Å². The van der Waals surface area contributed by atoms with Gasteiger partial charge in [0.2, 0.25) is 0 Å². The molecule has 0 fully saturated rings. The molecule has 0 aliphatic carbocycles. The summed E-state index contributed by atoms with van der Waals surface area (Å²) in [7, 11) is 2.77. The first-order chi connectivity index (χ1) is 22.4. The second-order valence-electron chi connectivity index (χ2n) is 11.2. The van der Waals surface area contributed by atoms with Crippen molar-refractivity contribution in [2.45, 2.75) is 78.1 Å². The molecule has 4 rings (SSSR count). The van der Waals surface area contributed by atoms with E-state index in [1.54, 1.807) is 46.9 Å². The number of methoxy groups -OCH3 is 2. The number of aryl methyl sites for hydroxylation is 2. The van der Waals surface area contributed by atoms with Crippen LogP contribution in [0.2, 0.25) is 0 Å². The third-order valence-electron chi connectivity index (χ3n) is 7.71. The average molecular weight is 651 g/mol. The summed E-state index contributed by atoms with van der Waals surface area (Å²) < 4.78 is 9.64. The van der Waals surface area contributed by atoms with Crippen molar-refractivity contribution in [3.05, 3.63) is 104 Å². The highest BCUT2D eigenvalue weighted by molar-refractivity contribution is 7.22.